The molecule has 0 fully saturated rings. The molecule has 2 aromatic rings. The zero-order valence-electron chi connectivity index (χ0n) is 14.3. The predicted molar refractivity (Wildman–Crippen MR) is 97.5 cm³/mol. The number of ether oxygens (including phenoxy) is 1. The normalized spacial score (nSPS) is 10.5. The van der Waals surface area contributed by atoms with Crippen LogP contribution in [0.4, 0.5) is 0 Å². The highest BCUT2D eigenvalue weighted by Gasteiger charge is 2.08. The van der Waals surface area contributed by atoms with Gasteiger partial charge in [-0.25, -0.2) is 0 Å². The van der Waals surface area contributed by atoms with Crippen molar-refractivity contribution in [2.24, 2.45) is 0 Å². The summed E-state index contributed by atoms with van der Waals surface area (Å²) in [7, 11) is 0. The van der Waals surface area contributed by atoms with Gasteiger partial charge in [0.25, 0.3) is 0 Å². The largest absolute Gasteiger partial charge is 0.493 e. The lowest BCUT2D eigenvalue weighted by atomic mass is 9.99. The van der Waals surface area contributed by atoms with E-state index in [0.29, 0.717) is 6.42 Å². The van der Waals surface area contributed by atoms with Crippen LogP contribution in [0.5, 0.6) is 5.75 Å². The van der Waals surface area contributed by atoms with Gasteiger partial charge in [-0.3, -0.25) is 4.79 Å². The van der Waals surface area contributed by atoms with Crippen LogP contribution < -0.4 is 4.74 Å². The third kappa shape index (κ3) is 5.73. The summed E-state index contributed by atoms with van der Waals surface area (Å²) in [4.78, 5) is 10.7. The fraction of sp³-hybridized carbons (Fsp3) is 0.381. The van der Waals surface area contributed by atoms with E-state index in [0.717, 1.165) is 41.9 Å². The molecule has 1 N–H and O–H groups in total. The average molecular weight is 326 g/mol. The number of carboxylic acids is 1. The van der Waals surface area contributed by atoms with E-state index in [2.05, 4.69) is 25.1 Å². The molecule has 0 unspecified atom stereocenters. The van der Waals surface area contributed by atoms with Crippen molar-refractivity contribution in [3.05, 3.63) is 54.1 Å². The van der Waals surface area contributed by atoms with E-state index in [9.17, 15) is 4.79 Å². The highest BCUT2D eigenvalue weighted by Crippen LogP contribution is 2.31. The lowest BCUT2D eigenvalue weighted by Crippen LogP contribution is -2.00. The maximum absolute atomic E-state index is 10.7. The second-order valence-electron chi connectivity index (χ2n) is 6.00. The first-order chi connectivity index (χ1) is 11.7. The molecule has 0 aliphatic rings. The van der Waals surface area contributed by atoms with E-state index in [-0.39, 0.29) is 6.42 Å². The molecule has 2 rings (SSSR count). The number of unbranched alkanes of at least 4 members (excludes halogenated alkanes) is 2. The van der Waals surface area contributed by atoms with Crippen LogP contribution in [0, 0.1) is 0 Å². The molecule has 0 amide bonds. The third-order valence-electron chi connectivity index (χ3n) is 3.99. The average Bonchev–Trinajstić information content (AvgIpc) is 2.60. The van der Waals surface area contributed by atoms with E-state index >= 15 is 0 Å². The summed E-state index contributed by atoms with van der Waals surface area (Å²) in [5.41, 5.74) is 3.36. The van der Waals surface area contributed by atoms with Gasteiger partial charge < -0.3 is 9.84 Å². The van der Waals surface area contributed by atoms with Crippen molar-refractivity contribution >= 4 is 5.97 Å². The molecule has 0 aliphatic carbocycles. The van der Waals surface area contributed by atoms with Gasteiger partial charge in [-0.1, -0.05) is 56.2 Å². The van der Waals surface area contributed by atoms with Gasteiger partial charge in [0.05, 0.1) is 6.61 Å². The van der Waals surface area contributed by atoms with Crippen LogP contribution >= 0.6 is 0 Å². The van der Waals surface area contributed by atoms with Gasteiger partial charge >= 0.3 is 5.97 Å². The Morgan fingerprint density at radius 1 is 1.04 bits per heavy atom. The van der Waals surface area contributed by atoms with E-state index in [1.165, 1.54) is 12.8 Å². The molecule has 3 nitrogen and oxygen atoms in total. The lowest BCUT2D eigenvalue weighted by molar-refractivity contribution is -0.137. The van der Waals surface area contributed by atoms with Gasteiger partial charge in [0, 0.05) is 12.0 Å². The predicted octanol–water partition coefficient (Wildman–Crippen LogP) is 5.33. The van der Waals surface area contributed by atoms with E-state index in [4.69, 9.17) is 9.84 Å². The molecule has 0 saturated heterocycles. The van der Waals surface area contributed by atoms with Gasteiger partial charge in [0.1, 0.15) is 5.75 Å². The first kappa shape index (κ1) is 18.1. The molecule has 0 radical (unpaired) electrons. The Morgan fingerprint density at radius 3 is 2.54 bits per heavy atom. The highest BCUT2D eigenvalue weighted by atomic mass is 16.5. The first-order valence-electron chi connectivity index (χ1n) is 8.73. The number of hydrogen-bond donors (Lipinski definition) is 1. The van der Waals surface area contributed by atoms with Crippen LogP contribution in [-0.2, 0) is 11.2 Å². The quantitative estimate of drug-likeness (QED) is 0.600. The number of carboxylic acid groups (broad SMARTS) is 1. The standard InChI is InChI=1S/C21H26O3/c1-2-3-7-15-24-20-14-13-17(9-8-12-21(22)23)16-19(20)18-10-5-4-6-11-18/h4-6,10-11,13-14,16H,2-3,7-9,12,15H2,1H3,(H,22,23). The number of aliphatic carboxylic acids is 1. The highest BCUT2D eigenvalue weighted by molar-refractivity contribution is 5.71. The Labute approximate surface area is 144 Å². The molecule has 0 spiro atoms. The molecular weight excluding hydrogens is 300 g/mol. The van der Waals surface area contributed by atoms with E-state index < -0.39 is 5.97 Å². The summed E-state index contributed by atoms with van der Waals surface area (Å²) in [6.45, 7) is 2.91. The van der Waals surface area contributed by atoms with Gasteiger partial charge in [0.2, 0.25) is 0 Å². The van der Waals surface area contributed by atoms with Crippen LogP contribution in [0.25, 0.3) is 11.1 Å². The fourth-order valence-corrected chi connectivity index (χ4v) is 2.68. The van der Waals surface area contributed by atoms with Crippen molar-refractivity contribution in [2.75, 3.05) is 6.61 Å². The maximum atomic E-state index is 10.7. The molecular formula is C21H26O3. The summed E-state index contributed by atoms with van der Waals surface area (Å²) < 4.78 is 6.00. The minimum atomic E-state index is -0.742. The van der Waals surface area contributed by atoms with Crippen molar-refractivity contribution in [2.45, 2.75) is 45.4 Å². The molecule has 0 heterocycles. The lowest BCUT2D eigenvalue weighted by Gasteiger charge is -2.13. The van der Waals surface area contributed by atoms with E-state index in [1.54, 1.807) is 0 Å². The Balaban J connectivity index is 2.15. The monoisotopic (exact) mass is 326 g/mol. The van der Waals surface area contributed by atoms with Crippen molar-refractivity contribution in [1.29, 1.82) is 0 Å². The molecule has 3 heteroatoms. The minimum absolute atomic E-state index is 0.204. The SMILES string of the molecule is CCCCCOc1ccc(CCCC(=O)O)cc1-c1ccccc1. The maximum Gasteiger partial charge on any atom is 0.303 e. The van der Waals surface area contributed by atoms with Crippen LogP contribution in [0.2, 0.25) is 0 Å². The molecule has 0 bridgehead atoms. The van der Waals surface area contributed by atoms with Crippen molar-refractivity contribution in [1.82, 2.24) is 0 Å². The zero-order valence-corrected chi connectivity index (χ0v) is 14.3. The fourth-order valence-electron chi connectivity index (χ4n) is 2.68. The number of carbonyl (C=O) groups is 1. The van der Waals surface area contributed by atoms with Gasteiger partial charge in [-0.2, -0.15) is 0 Å². The Hall–Kier alpha value is -2.29. The molecule has 0 saturated carbocycles. The summed E-state index contributed by atoms with van der Waals surface area (Å²) in [6.07, 6.45) is 5.04. The van der Waals surface area contributed by atoms with Crippen LogP contribution in [0.1, 0.15) is 44.6 Å². The Bertz CT molecular complexity index is 635. The Morgan fingerprint density at radius 2 is 1.83 bits per heavy atom. The molecule has 128 valence electrons. The first-order valence-corrected chi connectivity index (χ1v) is 8.73. The summed E-state index contributed by atoms with van der Waals surface area (Å²) in [5, 5.41) is 8.79. The zero-order chi connectivity index (χ0) is 17.2. The van der Waals surface area contributed by atoms with Crippen molar-refractivity contribution in [3.63, 3.8) is 0 Å². The minimum Gasteiger partial charge on any atom is -0.493 e. The molecule has 24 heavy (non-hydrogen) atoms. The molecule has 0 atom stereocenters. The number of rotatable bonds is 10. The van der Waals surface area contributed by atoms with Gasteiger partial charge in [-0.15, -0.1) is 0 Å². The number of aryl methyl sites for hydroxylation is 1. The Kier molecular flexibility index (Phi) is 7.34. The molecule has 0 aromatic heterocycles. The number of hydrogen-bond acceptors (Lipinski definition) is 2. The molecule has 2 aromatic carbocycles. The van der Waals surface area contributed by atoms with Gasteiger partial charge in [-0.05, 0) is 42.5 Å². The number of benzene rings is 2. The second-order valence-corrected chi connectivity index (χ2v) is 6.00. The summed E-state index contributed by atoms with van der Waals surface area (Å²) in [5.74, 6) is 0.161. The van der Waals surface area contributed by atoms with Crippen molar-refractivity contribution in [3.8, 4) is 16.9 Å². The third-order valence-corrected chi connectivity index (χ3v) is 3.99. The van der Waals surface area contributed by atoms with Gasteiger partial charge in [0.15, 0.2) is 0 Å². The van der Waals surface area contributed by atoms with Crippen molar-refractivity contribution < 1.29 is 14.6 Å². The molecule has 0 aliphatic heterocycles. The second kappa shape index (κ2) is 9.76. The summed E-state index contributed by atoms with van der Waals surface area (Å²) >= 11 is 0. The van der Waals surface area contributed by atoms with Crippen LogP contribution in [-0.4, -0.2) is 17.7 Å². The van der Waals surface area contributed by atoms with E-state index in [1.807, 2.05) is 30.3 Å². The van der Waals surface area contributed by atoms with Crippen LogP contribution in [0.3, 0.4) is 0 Å². The summed E-state index contributed by atoms with van der Waals surface area (Å²) in [6, 6.07) is 16.4. The van der Waals surface area contributed by atoms with Crippen LogP contribution in [0.15, 0.2) is 48.5 Å². The smallest absolute Gasteiger partial charge is 0.303 e. The topological polar surface area (TPSA) is 46.5 Å².